The largest absolute Gasteiger partial charge is 0.481 e. The molecule has 0 aliphatic heterocycles. The second-order valence-electron chi connectivity index (χ2n) is 4.12. The molecule has 0 aromatic heterocycles. The van der Waals surface area contributed by atoms with Crippen LogP contribution in [0.3, 0.4) is 0 Å². The maximum atomic E-state index is 10.6. The van der Waals surface area contributed by atoms with Gasteiger partial charge in [0.2, 0.25) is 0 Å². The van der Waals surface area contributed by atoms with Crippen LogP contribution in [0.4, 0.5) is 0 Å². The number of carboxylic acids is 1. The van der Waals surface area contributed by atoms with Crippen LogP contribution in [0.2, 0.25) is 0 Å². The zero-order chi connectivity index (χ0) is 9.19. The highest BCUT2D eigenvalue weighted by Gasteiger charge is 2.37. The zero-order valence-electron chi connectivity index (χ0n) is 7.95. The van der Waals surface area contributed by atoms with Crippen molar-refractivity contribution in [1.29, 1.82) is 0 Å². The maximum absolute atomic E-state index is 10.6. The van der Waals surface area contributed by atoms with Crippen molar-refractivity contribution in [3.8, 4) is 0 Å². The molecule has 1 fully saturated rings. The highest BCUT2D eigenvalue weighted by atomic mass is 35.5. The number of carboxylic acid groups (broad SMARTS) is 1. The fourth-order valence-electron chi connectivity index (χ4n) is 2.23. The topological polar surface area (TPSA) is 63.3 Å². The molecule has 1 aliphatic carbocycles. The molecule has 3 N–H and O–H groups in total. The van der Waals surface area contributed by atoms with Crippen molar-refractivity contribution < 1.29 is 9.90 Å². The quantitative estimate of drug-likeness (QED) is 0.740. The zero-order valence-corrected chi connectivity index (χ0v) is 8.77. The lowest BCUT2D eigenvalue weighted by Crippen LogP contribution is -2.30. The fraction of sp³-hybridized carbons (Fsp3) is 0.889. The lowest BCUT2D eigenvalue weighted by Gasteiger charge is -2.25. The molecule has 4 heteroatoms. The predicted octanol–water partition coefficient (Wildman–Crippen LogP) is 1.65. The number of hydrogen-bond acceptors (Lipinski definition) is 2. The van der Waals surface area contributed by atoms with Crippen LogP contribution in [0.1, 0.15) is 32.6 Å². The van der Waals surface area contributed by atoms with Crippen molar-refractivity contribution in [2.45, 2.75) is 32.6 Å². The summed E-state index contributed by atoms with van der Waals surface area (Å²) in [5.41, 5.74) is 5.52. The van der Waals surface area contributed by atoms with Crippen LogP contribution in [0, 0.1) is 11.3 Å². The summed E-state index contributed by atoms with van der Waals surface area (Å²) in [5, 5.41) is 8.70. The average molecular weight is 208 g/mol. The van der Waals surface area contributed by atoms with Gasteiger partial charge in [-0.15, -0.1) is 12.4 Å². The Labute approximate surface area is 85.1 Å². The first-order valence-electron chi connectivity index (χ1n) is 4.50. The van der Waals surface area contributed by atoms with E-state index in [4.69, 9.17) is 10.8 Å². The Morgan fingerprint density at radius 1 is 1.69 bits per heavy atom. The third-order valence-corrected chi connectivity index (χ3v) is 2.91. The van der Waals surface area contributed by atoms with Gasteiger partial charge >= 0.3 is 5.97 Å². The molecule has 1 rings (SSSR count). The molecule has 0 aromatic rings. The molecule has 0 amide bonds. The Balaban J connectivity index is 0.00000144. The highest BCUT2D eigenvalue weighted by molar-refractivity contribution is 5.85. The van der Waals surface area contributed by atoms with E-state index in [-0.39, 0.29) is 24.2 Å². The summed E-state index contributed by atoms with van der Waals surface area (Å²) in [5.74, 6) is -0.0672. The van der Waals surface area contributed by atoms with Gasteiger partial charge in [0.25, 0.3) is 0 Å². The van der Waals surface area contributed by atoms with Crippen LogP contribution >= 0.6 is 12.4 Å². The van der Waals surface area contributed by atoms with E-state index in [2.05, 4.69) is 6.92 Å². The van der Waals surface area contributed by atoms with E-state index in [0.29, 0.717) is 12.5 Å². The monoisotopic (exact) mass is 207 g/mol. The van der Waals surface area contributed by atoms with Gasteiger partial charge in [-0.05, 0) is 30.7 Å². The predicted molar refractivity (Wildman–Crippen MR) is 54.0 cm³/mol. The van der Waals surface area contributed by atoms with Crippen LogP contribution in [-0.2, 0) is 4.79 Å². The summed E-state index contributed by atoms with van der Waals surface area (Å²) in [4.78, 5) is 10.6. The molecular formula is C9H18ClNO2. The van der Waals surface area contributed by atoms with E-state index in [0.717, 1.165) is 19.3 Å². The standard InChI is InChI=1S/C9H17NO2.ClH/c1-7-2-3-9(4-7,6-10)5-8(11)12;/h7H,2-6,10H2,1H3,(H,11,12);1H/t7-,9+;/m1./s1. The first kappa shape index (κ1) is 12.7. The molecule has 0 spiro atoms. The van der Waals surface area contributed by atoms with Crippen molar-refractivity contribution in [2.75, 3.05) is 6.54 Å². The summed E-state index contributed by atoms with van der Waals surface area (Å²) in [6, 6.07) is 0. The maximum Gasteiger partial charge on any atom is 0.303 e. The van der Waals surface area contributed by atoms with Crippen molar-refractivity contribution >= 4 is 18.4 Å². The lowest BCUT2D eigenvalue weighted by molar-refractivity contribution is -0.139. The second kappa shape index (κ2) is 4.82. The van der Waals surface area contributed by atoms with Gasteiger partial charge in [-0.1, -0.05) is 13.3 Å². The summed E-state index contributed by atoms with van der Waals surface area (Å²) < 4.78 is 0. The number of nitrogens with two attached hydrogens (primary N) is 1. The molecule has 0 unspecified atom stereocenters. The molecule has 0 bridgehead atoms. The first-order chi connectivity index (χ1) is 5.58. The van der Waals surface area contributed by atoms with E-state index in [9.17, 15) is 4.79 Å². The van der Waals surface area contributed by atoms with Crippen LogP contribution < -0.4 is 5.73 Å². The van der Waals surface area contributed by atoms with Crippen molar-refractivity contribution in [2.24, 2.45) is 17.1 Å². The van der Waals surface area contributed by atoms with Gasteiger partial charge in [-0.3, -0.25) is 4.79 Å². The number of hydrogen-bond donors (Lipinski definition) is 2. The Morgan fingerprint density at radius 2 is 2.31 bits per heavy atom. The van der Waals surface area contributed by atoms with Crippen LogP contribution in [0.15, 0.2) is 0 Å². The van der Waals surface area contributed by atoms with Crippen molar-refractivity contribution in [3.63, 3.8) is 0 Å². The van der Waals surface area contributed by atoms with E-state index >= 15 is 0 Å². The van der Waals surface area contributed by atoms with Crippen molar-refractivity contribution in [3.05, 3.63) is 0 Å². The lowest BCUT2D eigenvalue weighted by atomic mass is 9.82. The van der Waals surface area contributed by atoms with Gasteiger partial charge in [0, 0.05) is 0 Å². The third kappa shape index (κ3) is 3.16. The Bertz CT molecular complexity index is 186. The van der Waals surface area contributed by atoms with Gasteiger partial charge in [0.15, 0.2) is 0 Å². The van der Waals surface area contributed by atoms with Gasteiger partial charge in [0.05, 0.1) is 6.42 Å². The third-order valence-electron chi connectivity index (χ3n) is 2.91. The summed E-state index contributed by atoms with van der Waals surface area (Å²) >= 11 is 0. The Hall–Kier alpha value is -0.280. The highest BCUT2D eigenvalue weighted by Crippen LogP contribution is 2.43. The number of rotatable bonds is 3. The number of aliphatic carboxylic acids is 1. The van der Waals surface area contributed by atoms with E-state index in [1.165, 1.54) is 0 Å². The minimum atomic E-state index is -0.713. The molecule has 1 saturated carbocycles. The molecule has 0 aromatic carbocycles. The van der Waals surface area contributed by atoms with Gasteiger partial charge in [-0.25, -0.2) is 0 Å². The minimum Gasteiger partial charge on any atom is -0.481 e. The average Bonchev–Trinajstić information content (AvgIpc) is 2.32. The summed E-state index contributed by atoms with van der Waals surface area (Å²) in [7, 11) is 0. The Morgan fingerprint density at radius 3 is 2.62 bits per heavy atom. The van der Waals surface area contributed by atoms with Gasteiger partial charge < -0.3 is 10.8 Å². The molecule has 13 heavy (non-hydrogen) atoms. The minimum absolute atomic E-state index is 0. The van der Waals surface area contributed by atoms with Crippen molar-refractivity contribution in [1.82, 2.24) is 0 Å². The Kier molecular flexibility index (Phi) is 4.71. The van der Waals surface area contributed by atoms with Gasteiger partial charge in [-0.2, -0.15) is 0 Å². The van der Waals surface area contributed by atoms with E-state index in [1.807, 2.05) is 0 Å². The molecule has 0 saturated heterocycles. The molecule has 1 aliphatic rings. The molecule has 3 nitrogen and oxygen atoms in total. The SMILES string of the molecule is C[C@@H]1CC[C@@](CN)(CC(=O)O)C1.Cl. The molecule has 0 heterocycles. The van der Waals surface area contributed by atoms with Crippen LogP contribution in [0.5, 0.6) is 0 Å². The second-order valence-corrected chi connectivity index (χ2v) is 4.12. The number of carbonyl (C=O) groups is 1. The molecular weight excluding hydrogens is 190 g/mol. The summed E-state index contributed by atoms with van der Waals surface area (Å²) in [6.45, 7) is 2.68. The van der Waals surface area contributed by atoms with E-state index < -0.39 is 5.97 Å². The van der Waals surface area contributed by atoms with Crippen LogP contribution in [0.25, 0.3) is 0 Å². The molecule has 2 atom stereocenters. The molecule has 78 valence electrons. The molecule has 0 radical (unpaired) electrons. The smallest absolute Gasteiger partial charge is 0.303 e. The van der Waals surface area contributed by atoms with Gasteiger partial charge in [0.1, 0.15) is 0 Å². The normalized spacial score (nSPS) is 32.6. The van der Waals surface area contributed by atoms with Crippen LogP contribution in [-0.4, -0.2) is 17.6 Å². The first-order valence-corrected chi connectivity index (χ1v) is 4.50. The van der Waals surface area contributed by atoms with E-state index in [1.54, 1.807) is 0 Å². The summed E-state index contributed by atoms with van der Waals surface area (Å²) in [6.07, 6.45) is 3.34. The fourth-order valence-corrected chi connectivity index (χ4v) is 2.23. The number of halogens is 1.